The van der Waals surface area contributed by atoms with Crippen LogP contribution < -0.4 is 27.4 Å². The number of rotatable bonds is 6. The van der Waals surface area contributed by atoms with E-state index in [0.29, 0.717) is 4.90 Å². The summed E-state index contributed by atoms with van der Waals surface area (Å²) in [6, 6.07) is 3.81. The summed E-state index contributed by atoms with van der Waals surface area (Å²) in [7, 11) is 1.37. The molecule has 31 heavy (non-hydrogen) atoms. The lowest BCUT2D eigenvalue weighted by atomic mass is 9.74. The van der Waals surface area contributed by atoms with Crippen molar-refractivity contribution in [2.24, 2.45) is 0 Å². The van der Waals surface area contributed by atoms with E-state index >= 15 is 0 Å². The summed E-state index contributed by atoms with van der Waals surface area (Å²) in [5.74, 6) is -0.304. The molecular weight excluding hydrogens is 436 g/mol. The molecule has 3 unspecified atom stereocenters. The van der Waals surface area contributed by atoms with E-state index in [-0.39, 0.29) is 29.8 Å². The van der Waals surface area contributed by atoms with E-state index in [1.54, 1.807) is 32.3 Å². The lowest BCUT2D eigenvalue weighted by Crippen LogP contribution is -3.06. The van der Waals surface area contributed by atoms with E-state index in [1.807, 2.05) is 13.0 Å². The van der Waals surface area contributed by atoms with Crippen molar-refractivity contribution in [1.82, 2.24) is 5.32 Å². The van der Waals surface area contributed by atoms with Crippen molar-refractivity contribution in [1.29, 1.82) is 0 Å². The van der Waals surface area contributed by atoms with Crippen LogP contribution in [0.15, 0.2) is 54.0 Å². The fourth-order valence-corrected chi connectivity index (χ4v) is 4.18. The predicted octanol–water partition coefficient (Wildman–Crippen LogP) is -0.0289. The number of aliphatic hydroxyl groups is 1. The van der Waals surface area contributed by atoms with Crippen LogP contribution in [-0.2, 0) is 5.41 Å². The number of methoxy groups -OCH3 is 1. The quantitative estimate of drug-likeness (QED) is 0.520. The molecule has 0 bridgehead atoms. The zero-order chi connectivity index (χ0) is 22.3. The van der Waals surface area contributed by atoms with Crippen LogP contribution >= 0.6 is 0 Å². The number of halogens is 5. The Morgan fingerprint density at radius 2 is 1.90 bits per heavy atom. The highest BCUT2D eigenvalue weighted by Gasteiger charge is 2.58. The molecule has 0 spiro atoms. The molecule has 2 aliphatic heterocycles. The minimum absolute atomic E-state index is 0. The molecule has 4 nitrogen and oxygen atoms in total. The average molecular weight is 463 g/mol. The summed E-state index contributed by atoms with van der Waals surface area (Å²) in [6.45, 7) is 4.42. The molecule has 0 radical (unpaired) electrons. The van der Waals surface area contributed by atoms with E-state index in [4.69, 9.17) is 4.74 Å². The molecule has 3 N–H and O–H groups in total. The number of ether oxygens (including phenoxy) is 1. The summed E-state index contributed by atoms with van der Waals surface area (Å²) in [4.78, 5) is 0.366. The zero-order valence-corrected chi connectivity index (χ0v) is 18.5. The molecule has 172 valence electrons. The van der Waals surface area contributed by atoms with Gasteiger partial charge in [-0.05, 0) is 30.5 Å². The van der Waals surface area contributed by atoms with Crippen molar-refractivity contribution in [2.75, 3.05) is 13.7 Å². The Bertz CT molecular complexity index is 911. The second kappa shape index (κ2) is 8.84. The molecule has 1 aromatic carbocycles. The Morgan fingerprint density at radius 3 is 2.52 bits per heavy atom. The second-order valence-electron chi connectivity index (χ2n) is 8.63. The van der Waals surface area contributed by atoms with Crippen LogP contribution in [0, 0.1) is 5.82 Å². The molecular formula is C22H27ClF4N2O2. The third kappa shape index (κ3) is 5.25. The number of allylic oxidation sites excluding steroid dienone is 1. The highest BCUT2D eigenvalue weighted by Crippen LogP contribution is 2.43. The molecule has 0 aliphatic carbocycles. The smallest absolute Gasteiger partial charge is 0.422 e. The van der Waals surface area contributed by atoms with Gasteiger partial charge in [-0.15, -0.1) is 0 Å². The van der Waals surface area contributed by atoms with Crippen LogP contribution in [0.2, 0.25) is 0 Å². The SMILES string of the molecule is COc1ccc(F)cc1C(C)(C)CC(O)(C[NH+]1C=CC2=CC(C)NC2=C1)C(F)(F)F.[Cl-]. The van der Waals surface area contributed by atoms with Crippen LogP contribution in [0.1, 0.15) is 32.8 Å². The standard InChI is InChI=1S/C22H26F4N2O2.ClH/c1-14-9-15-7-8-28(11-18(15)27-14)13-21(29,22(24,25)26)12-20(2,3)17-10-16(23)5-6-19(17)30-4;/h5-11,14,27,29H,12-13H2,1-4H3;1H. The minimum atomic E-state index is -4.88. The van der Waals surface area contributed by atoms with Gasteiger partial charge in [-0.25, -0.2) is 4.39 Å². The fraction of sp³-hybridized carbons (Fsp3) is 0.455. The van der Waals surface area contributed by atoms with Crippen LogP contribution in [0.25, 0.3) is 0 Å². The Balaban J connectivity index is 0.00000341. The van der Waals surface area contributed by atoms with Gasteiger partial charge in [0.15, 0.2) is 0 Å². The Morgan fingerprint density at radius 1 is 1.23 bits per heavy atom. The molecule has 2 aliphatic rings. The van der Waals surface area contributed by atoms with E-state index in [0.717, 1.165) is 17.3 Å². The maximum Gasteiger partial charge on any atom is 0.422 e. The van der Waals surface area contributed by atoms with E-state index in [9.17, 15) is 22.7 Å². The van der Waals surface area contributed by atoms with Crippen molar-refractivity contribution in [3.05, 3.63) is 65.4 Å². The lowest BCUT2D eigenvalue weighted by Gasteiger charge is -2.38. The van der Waals surface area contributed by atoms with Crippen LogP contribution in [0.4, 0.5) is 17.6 Å². The van der Waals surface area contributed by atoms with Crippen molar-refractivity contribution >= 4 is 0 Å². The molecule has 3 rings (SSSR count). The third-order valence-electron chi connectivity index (χ3n) is 5.58. The minimum Gasteiger partial charge on any atom is -1.00 e. The first-order chi connectivity index (χ1) is 13.8. The van der Waals surface area contributed by atoms with Crippen molar-refractivity contribution < 1.29 is 44.7 Å². The van der Waals surface area contributed by atoms with Gasteiger partial charge in [0.25, 0.3) is 0 Å². The Kier molecular flexibility index (Phi) is 7.20. The van der Waals surface area contributed by atoms with Crippen molar-refractivity contribution in [3.63, 3.8) is 0 Å². The van der Waals surface area contributed by atoms with E-state index in [2.05, 4.69) is 5.32 Å². The second-order valence-corrected chi connectivity index (χ2v) is 8.63. The van der Waals surface area contributed by atoms with Gasteiger partial charge >= 0.3 is 6.18 Å². The molecule has 9 heteroatoms. The van der Waals surface area contributed by atoms with Gasteiger partial charge in [0.2, 0.25) is 5.60 Å². The van der Waals surface area contributed by atoms with Crippen molar-refractivity contribution in [3.8, 4) is 5.75 Å². The van der Waals surface area contributed by atoms with Crippen LogP contribution in [0.5, 0.6) is 5.75 Å². The van der Waals surface area contributed by atoms with E-state index in [1.165, 1.54) is 19.2 Å². The normalized spacial score (nSPS) is 22.5. The Labute approximate surface area is 185 Å². The molecule has 3 atom stereocenters. The maximum atomic E-state index is 14.1. The van der Waals surface area contributed by atoms with Gasteiger partial charge in [0.05, 0.1) is 19.0 Å². The average Bonchev–Trinajstić information content (AvgIpc) is 2.99. The fourth-order valence-electron chi connectivity index (χ4n) is 4.18. The van der Waals surface area contributed by atoms with Gasteiger partial charge in [-0.3, -0.25) is 4.90 Å². The first-order valence-electron chi connectivity index (χ1n) is 9.72. The van der Waals surface area contributed by atoms with Gasteiger partial charge < -0.3 is 27.6 Å². The van der Waals surface area contributed by atoms with Gasteiger partial charge in [-0.2, -0.15) is 13.2 Å². The van der Waals surface area contributed by atoms with Gasteiger partial charge in [0.1, 0.15) is 24.3 Å². The number of alkyl halides is 3. The number of nitrogens with one attached hydrogen (secondary N) is 2. The third-order valence-corrected chi connectivity index (χ3v) is 5.58. The topological polar surface area (TPSA) is 45.9 Å². The van der Waals surface area contributed by atoms with Crippen LogP contribution in [-0.4, -0.2) is 36.6 Å². The molecule has 1 aromatic rings. The molecule has 0 fully saturated rings. The number of fused-ring (bicyclic) bond motifs is 1. The molecule has 2 heterocycles. The molecule has 0 amide bonds. The Hall–Kier alpha value is -2.03. The largest absolute Gasteiger partial charge is 1.00 e. The summed E-state index contributed by atoms with van der Waals surface area (Å²) in [5, 5.41) is 14.0. The first kappa shape index (κ1) is 25.2. The van der Waals surface area contributed by atoms with Gasteiger partial charge in [-0.1, -0.05) is 19.9 Å². The molecule has 0 saturated carbocycles. The number of hydrogen-bond acceptors (Lipinski definition) is 3. The monoisotopic (exact) mass is 462 g/mol. The first-order valence-corrected chi connectivity index (χ1v) is 9.72. The van der Waals surface area contributed by atoms with Gasteiger partial charge in [0, 0.05) is 29.7 Å². The lowest BCUT2D eigenvalue weighted by molar-refractivity contribution is -0.803. The number of benzene rings is 1. The van der Waals surface area contributed by atoms with Crippen molar-refractivity contribution in [2.45, 2.75) is 50.4 Å². The maximum absolute atomic E-state index is 14.1. The molecule has 0 saturated heterocycles. The zero-order valence-electron chi connectivity index (χ0n) is 17.8. The number of hydrogen-bond donors (Lipinski definition) is 3. The summed E-state index contributed by atoms with van der Waals surface area (Å²) < 4.78 is 61.2. The summed E-state index contributed by atoms with van der Waals surface area (Å²) in [6.07, 6.45) is 1.43. The highest BCUT2D eigenvalue weighted by atomic mass is 35.5. The summed E-state index contributed by atoms with van der Waals surface area (Å²) >= 11 is 0. The highest BCUT2D eigenvalue weighted by molar-refractivity contribution is 5.44. The summed E-state index contributed by atoms with van der Waals surface area (Å²) in [5.41, 5.74) is -2.28. The van der Waals surface area contributed by atoms with Crippen LogP contribution in [0.3, 0.4) is 0 Å². The molecule has 0 aromatic heterocycles. The number of quaternary nitrogens is 1. The van der Waals surface area contributed by atoms with E-state index < -0.39 is 36.0 Å². The predicted molar refractivity (Wildman–Crippen MR) is 105 cm³/mol.